The number of anilines is 1. The molecule has 4 rings (SSSR count). The molecule has 0 aliphatic carbocycles. The largest absolute Gasteiger partial charge is 0.484 e. The molecule has 0 aliphatic rings. The van der Waals surface area contributed by atoms with Crippen LogP contribution in [0.5, 0.6) is 5.75 Å². The third-order valence-electron chi connectivity index (χ3n) is 4.80. The van der Waals surface area contributed by atoms with E-state index in [1.165, 1.54) is 16.9 Å². The SMILES string of the molecule is Cc1ccc(OCC(=O)N(Cc2cccnc2)c2nc3c(C)cc(C)cc3s2)cc1. The van der Waals surface area contributed by atoms with Gasteiger partial charge in [0.2, 0.25) is 0 Å². The summed E-state index contributed by atoms with van der Waals surface area (Å²) in [5, 5.41) is 0.667. The van der Waals surface area contributed by atoms with Crippen molar-refractivity contribution in [2.24, 2.45) is 0 Å². The smallest absolute Gasteiger partial charge is 0.267 e. The normalized spacial score (nSPS) is 10.9. The van der Waals surface area contributed by atoms with Gasteiger partial charge in [-0.15, -0.1) is 0 Å². The van der Waals surface area contributed by atoms with Crippen LogP contribution >= 0.6 is 11.3 Å². The summed E-state index contributed by atoms with van der Waals surface area (Å²) in [6.07, 6.45) is 3.49. The molecule has 5 nitrogen and oxygen atoms in total. The number of carbonyl (C=O) groups excluding carboxylic acids is 1. The molecule has 0 N–H and O–H groups in total. The maximum Gasteiger partial charge on any atom is 0.267 e. The first kappa shape index (κ1) is 20.0. The Morgan fingerprint density at radius 1 is 1.07 bits per heavy atom. The zero-order valence-electron chi connectivity index (χ0n) is 17.3. The fourth-order valence-electron chi connectivity index (χ4n) is 3.27. The number of benzene rings is 2. The van der Waals surface area contributed by atoms with Gasteiger partial charge in [0.1, 0.15) is 5.75 Å². The highest BCUT2D eigenvalue weighted by Crippen LogP contribution is 2.32. The van der Waals surface area contributed by atoms with E-state index in [0.29, 0.717) is 17.4 Å². The molecule has 6 heteroatoms. The van der Waals surface area contributed by atoms with E-state index in [4.69, 9.17) is 9.72 Å². The van der Waals surface area contributed by atoms with Crippen LogP contribution in [-0.2, 0) is 11.3 Å². The molecule has 0 aliphatic heterocycles. The molecule has 0 bridgehead atoms. The summed E-state index contributed by atoms with van der Waals surface area (Å²) in [4.78, 5) is 23.8. The van der Waals surface area contributed by atoms with E-state index < -0.39 is 0 Å². The van der Waals surface area contributed by atoms with Gasteiger partial charge >= 0.3 is 0 Å². The minimum atomic E-state index is -0.146. The molecule has 0 radical (unpaired) electrons. The van der Waals surface area contributed by atoms with E-state index in [1.54, 1.807) is 17.3 Å². The van der Waals surface area contributed by atoms with Crippen molar-refractivity contribution in [1.29, 1.82) is 0 Å². The van der Waals surface area contributed by atoms with Crippen molar-refractivity contribution in [2.75, 3.05) is 11.5 Å². The molecular weight excluding hydrogens is 394 g/mol. The molecular formula is C24H23N3O2S. The Kier molecular flexibility index (Phi) is 5.77. The summed E-state index contributed by atoms with van der Waals surface area (Å²) in [7, 11) is 0. The van der Waals surface area contributed by atoms with E-state index in [2.05, 4.69) is 24.0 Å². The molecule has 2 aromatic heterocycles. The third-order valence-corrected chi connectivity index (χ3v) is 5.82. The number of ether oxygens (including phenoxy) is 1. The van der Waals surface area contributed by atoms with Crippen molar-refractivity contribution in [3.63, 3.8) is 0 Å². The van der Waals surface area contributed by atoms with Crippen molar-refractivity contribution >= 4 is 32.6 Å². The molecule has 152 valence electrons. The molecule has 0 atom stereocenters. The first-order chi connectivity index (χ1) is 14.5. The number of hydrogen-bond donors (Lipinski definition) is 0. The fraction of sp³-hybridized carbons (Fsp3) is 0.208. The maximum absolute atomic E-state index is 13.2. The standard InChI is InChI=1S/C24H23N3O2S/c1-16-6-8-20(9-7-16)29-15-22(28)27(14-19-5-4-10-25-13-19)24-26-23-18(3)11-17(2)12-21(23)30-24/h4-13H,14-15H2,1-3H3. The van der Waals surface area contributed by atoms with E-state index in [0.717, 1.165) is 26.9 Å². The lowest BCUT2D eigenvalue weighted by Gasteiger charge is -2.20. The summed E-state index contributed by atoms with van der Waals surface area (Å²) in [6, 6.07) is 15.7. The van der Waals surface area contributed by atoms with E-state index in [1.807, 2.05) is 50.2 Å². The number of carbonyl (C=O) groups is 1. The summed E-state index contributed by atoms with van der Waals surface area (Å²) in [6.45, 7) is 6.47. The van der Waals surface area contributed by atoms with Crippen LogP contribution in [0.1, 0.15) is 22.3 Å². The van der Waals surface area contributed by atoms with Crippen molar-refractivity contribution in [3.8, 4) is 5.75 Å². The summed E-state index contributed by atoms with van der Waals surface area (Å²) in [5.41, 5.74) is 5.31. The average Bonchev–Trinajstić information content (AvgIpc) is 3.16. The lowest BCUT2D eigenvalue weighted by atomic mass is 10.1. The lowest BCUT2D eigenvalue weighted by Crippen LogP contribution is -2.34. The lowest BCUT2D eigenvalue weighted by molar-refractivity contribution is -0.120. The van der Waals surface area contributed by atoms with E-state index in [-0.39, 0.29) is 12.5 Å². The average molecular weight is 418 g/mol. The molecule has 0 unspecified atom stereocenters. The second-order valence-electron chi connectivity index (χ2n) is 7.37. The van der Waals surface area contributed by atoms with Crippen molar-refractivity contribution in [3.05, 3.63) is 83.2 Å². The molecule has 0 spiro atoms. The number of amides is 1. The van der Waals surface area contributed by atoms with Crippen LogP contribution in [0.25, 0.3) is 10.2 Å². The van der Waals surface area contributed by atoms with Gasteiger partial charge in [0.15, 0.2) is 11.7 Å². The Morgan fingerprint density at radius 3 is 2.60 bits per heavy atom. The highest BCUT2D eigenvalue weighted by atomic mass is 32.1. The van der Waals surface area contributed by atoms with Gasteiger partial charge in [-0.3, -0.25) is 14.7 Å². The van der Waals surface area contributed by atoms with Gasteiger partial charge in [-0.2, -0.15) is 0 Å². The summed E-state index contributed by atoms with van der Waals surface area (Å²) < 4.78 is 6.82. The monoisotopic (exact) mass is 417 g/mol. The molecule has 2 heterocycles. The number of aryl methyl sites for hydroxylation is 3. The third kappa shape index (κ3) is 4.49. The second-order valence-corrected chi connectivity index (χ2v) is 8.38. The van der Waals surface area contributed by atoms with Gasteiger partial charge in [0.25, 0.3) is 5.91 Å². The Hall–Kier alpha value is -3.25. The van der Waals surface area contributed by atoms with Gasteiger partial charge in [0.05, 0.1) is 16.8 Å². The number of rotatable bonds is 6. The molecule has 4 aromatic rings. The van der Waals surface area contributed by atoms with Gasteiger partial charge in [-0.25, -0.2) is 4.98 Å². The van der Waals surface area contributed by atoms with Gasteiger partial charge in [-0.05, 0) is 61.7 Å². The first-order valence-corrected chi connectivity index (χ1v) is 10.6. The van der Waals surface area contributed by atoms with E-state index in [9.17, 15) is 4.79 Å². The number of pyridine rings is 1. The Bertz CT molecular complexity index is 1170. The molecule has 2 aromatic carbocycles. The minimum absolute atomic E-state index is 0.0583. The van der Waals surface area contributed by atoms with Gasteiger partial charge in [-0.1, -0.05) is 41.2 Å². The van der Waals surface area contributed by atoms with Crippen LogP contribution in [0.2, 0.25) is 0 Å². The molecule has 0 fully saturated rings. The number of hydrogen-bond acceptors (Lipinski definition) is 5. The van der Waals surface area contributed by atoms with Crippen LogP contribution < -0.4 is 9.64 Å². The van der Waals surface area contributed by atoms with Crippen molar-refractivity contribution in [2.45, 2.75) is 27.3 Å². The highest BCUT2D eigenvalue weighted by molar-refractivity contribution is 7.22. The van der Waals surface area contributed by atoms with Crippen LogP contribution in [0.3, 0.4) is 0 Å². The summed E-state index contributed by atoms with van der Waals surface area (Å²) >= 11 is 1.52. The maximum atomic E-state index is 13.2. The number of thiazole rings is 1. The quantitative estimate of drug-likeness (QED) is 0.431. The zero-order valence-corrected chi connectivity index (χ0v) is 18.1. The molecule has 1 amide bonds. The number of aromatic nitrogens is 2. The van der Waals surface area contributed by atoms with Crippen molar-refractivity contribution in [1.82, 2.24) is 9.97 Å². The fourth-order valence-corrected chi connectivity index (χ4v) is 4.43. The molecule has 0 saturated carbocycles. The first-order valence-electron chi connectivity index (χ1n) is 9.76. The van der Waals surface area contributed by atoms with Gasteiger partial charge < -0.3 is 4.74 Å². The van der Waals surface area contributed by atoms with Crippen LogP contribution in [0, 0.1) is 20.8 Å². The predicted molar refractivity (Wildman–Crippen MR) is 121 cm³/mol. The molecule has 30 heavy (non-hydrogen) atoms. The van der Waals surface area contributed by atoms with Crippen LogP contribution in [0.4, 0.5) is 5.13 Å². The van der Waals surface area contributed by atoms with E-state index >= 15 is 0 Å². The zero-order chi connectivity index (χ0) is 21.1. The predicted octanol–water partition coefficient (Wildman–Crippen LogP) is 5.23. The Morgan fingerprint density at radius 2 is 1.87 bits per heavy atom. The molecule has 0 saturated heterocycles. The van der Waals surface area contributed by atoms with Gasteiger partial charge in [0, 0.05) is 12.4 Å². The summed E-state index contributed by atoms with van der Waals surface area (Å²) in [5.74, 6) is 0.527. The van der Waals surface area contributed by atoms with Crippen molar-refractivity contribution < 1.29 is 9.53 Å². The second kappa shape index (κ2) is 8.63. The highest BCUT2D eigenvalue weighted by Gasteiger charge is 2.21. The Labute approximate surface area is 180 Å². The minimum Gasteiger partial charge on any atom is -0.484 e. The number of fused-ring (bicyclic) bond motifs is 1. The van der Waals surface area contributed by atoms with Crippen LogP contribution in [-0.4, -0.2) is 22.5 Å². The number of nitrogens with zero attached hydrogens (tertiary/aromatic N) is 3. The Balaban J connectivity index is 1.63. The van der Waals surface area contributed by atoms with Crippen LogP contribution in [0.15, 0.2) is 60.9 Å². The topological polar surface area (TPSA) is 55.3 Å².